The lowest BCUT2D eigenvalue weighted by Crippen LogP contribution is -2.30. The van der Waals surface area contributed by atoms with E-state index in [-0.39, 0.29) is 5.56 Å². The molecule has 2 heterocycles. The quantitative estimate of drug-likeness (QED) is 0.240. The molecule has 9 nitrogen and oxygen atoms in total. The molecule has 2 aromatic heterocycles. The van der Waals surface area contributed by atoms with E-state index in [9.17, 15) is 9.59 Å². The first kappa shape index (κ1) is 27.3. The van der Waals surface area contributed by atoms with Crippen molar-refractivity contribution in [3.05, 3.63) is 96.2 Å². The smallest absolute Gasteiger partial charge is 0.338 e. The summed E-state index contributed by atoms with van der Waals surface area (Å²) in [6, 6.07) is 23.6. The molecular formula is C32H28N4O5. The average Bonchev–Trinajstić information content (AvgIpc) is 3.00. The third kappa shape index (κ3) is 6.14. The Balaban J connectivity index is 1.46. The van der Waals surface area contributed by atoms with Gasteiger partial charge in [0, 0.05) is 17.3 Å². The third-order valence-corrected chi connectivity index (χ3v) is 6.45. The fraction of sp³-hybridized carbons (Fsp3) is 0.156. The largest absolute Gasteiger partial charge is 0.497 e. The Hall–Kier alpha value is -5.31. The highest BCUT2D eigenvalue weighted by atomic mass is 16.5. The summed E-state index contributed by atoms with van der Waals surface area (Å²) < 4.78 is 16.1. The molecule has 0 aliphatic carbocycles. The summed E-state index contributed by atoms with van der Waals surface area (Å²) in [5.74, 6) is 0.698. The predicted molar refractivity (Wildman–Crippen MR) is 156 cm³/mol. The van der Waals surface area contributed by atoms with Crippen LogP contribution in [0, 0.1) is 6.92 Å². The minimum absolute atomic E-state index is 0.248. The second kappa shape index (κ2) is 11.8. The summed E-state index contributed by atoms with van der Waals surface area (Å²) in [7, 11) is 3.23. The van der Waals surface area contributed by atoms with Crippen LogP contribution in [-0.2, 0) is 9.53 Å². The first-order chi connectivity index (χ1) is 19.8. The van der Waals surface area contributed by atoms with E-state index in [0.717, 1.165) is 28.2 Å². The molecule has 1 atom stereocenters. The van der Waals surface area contributed by atoms with Gasteiger partial charge in [0.1, 0.15) is 17.3 Å². The highest BCUT2D eigenvalue weighted by Crippen LogP contribution is 2.33. The van der Waals surface area contributed by atoms with E-state index in [0.29, 0.717) is 28.2 Å². The number of esters is 1. The van der Waals surface area contributed by atoms with Crippen molar-refractivity contribution in [2.24, 2.45) is 0 Å². The molecule has 0 radical (unpaired) electrons. The van der Waals surface area contributed by atoms with Crippen molar-refractivity contribution in [3.63, 3.8) is 0 Å². The van der Waals surface area contributed by atoms with E-state index in [1.807, 2.05) is 61.5 Å². The fourth-order valence-electron chi connectivity index (χ4n) is 4.20. The van der Waals surface area contributed by atoms with Gasteiger partial charge in [0.15, 0.2) is 6.10 Å². The monoisotopic (exact) mass is 548 g/mol. The van der Waals surface area contributed by atoms with Gasteiger partial charge < -0.3 is 19.5 Å². The minimum Gasteiger partial charge on any atom is -0.497 e. The number of carbonyl (C=O) groups is 2. The van der Waals surface area contributed by atoms with Gasteiger partial charge in [-0.25, -0.2) is 19.7 Å². The van der Waals surface area contributed by atoms with Crippen molar-refractivity contribution in [1.82, 2.24) is 15.0 Å². The standard InChI is InChI=1S/C32H28N4O5/c1-19-15-16-33-28(17-19)36-31(37)20(2)41-32(38)23-9-14-26-27(18-23)35-30(22-7-12-25(40-4)13-8-22)29(34-26)21-5-10-24(39-3)11-6-21/h5-18,20H,1-4H3,(H,33,36,37). The Morgan fingerprint density at radius 3 is 1.90 bits per heavy atom. The number of ether oxygens (including phenoxy) is 3. The van der Waals surface area contributed by atoms with Crippen molar-refractivity contribution in [3.8, 4) is 34.0 Å². The number of nitrogens with zero attached hydrogens (tertiary/aromatic N) is 3. The lowest BCUT2D eigenvalue weighted by Gasteiger charge is -2.14. The zero-order valence-electron chi connectivity index (χ0n) is 23.0. The summed E-state index contributed by atoms with van der Waals surface area (Å²) >= 11 is 0. The number of methoxy groups -OCH3 is 2. The van der Waals surface area contributed by atoms with Crippen molar-refractivity contribution >= 4 is 28.7 Å². The fourth-order valence-corrected chi connectivity index (χ4v) is 4.20. The topological polar surface area (TPSA) is 113 Å². The molecule has 1 amide bonds. The van der Waals surface area contributed by atoms with E-state index in [2.05, 4.69) is 10.3 Å². The Bertz CT molecular complexity index is 1720. The maximum absolute atomic E-state index is 13.0. The number of carbonyl (C=O) groups excluding carboxylic acids is 2. The van der Waals surface area contributed by atoms with E-state index in [1.165, 1.54) is 6.92 Å². The van der Waals surface area contributed by atoms with E-state index < -0.39 is 18.0 Å². The van der Waals surface area contributed by atoms with Gasteiger partial charge >= 0.3 is 5.97 Å². The van der Waals surface area contributed by atoms with Crippen LogP contribution in [0.5, 0.6) is 11.5 Å². The predicted octanol–water partition coefficient (Wildman–Crippen LogP) is 5.87. The second-order valence-corrected chi connectivity index (χ2v) is 9.34. The van der Waals surface area contributed by atoms with Crippen LogP contribution in [0.3, 0.4) is 0 Å². The van der Waals surface area contributed by atoms with E-state index in [1.54, 1.807) is 44.7 Å². The van der Waals surface area contributed by atoms with Gasteiger partial charge in [0.05, 0.1) is 42.2 Å². The summed E-state index contributed by atoms with van der Waals surface area (Å²) in [6.45, 7) is 3.40. The second-order valence-electron chi connectivity index (χ2n) is 9.34. The number of hydrogen-bond acceptors (Lipinski definition) is 8. The van der Waals surface area contributed by atoms with Crippen LogP contribution in [0.1, 0.15) is 22.8 Å². The van der Waals surface area contributed by atoms with E-state index in [4.69, 9.17) is 24.2 Å². The summed E-state index contributed by atoms with van der Waals surface area (Å²) in [5.41, 5.74) is 5.29. The molecule has 9 heteroatoms. The van der Waals surface area contributed by atoms with Gasteiger partial charge in [0.2, 0.25) is 0 Å². The SMILES string of the molecule is COc1ccc(-c2nc3ccc(C(=O)OC(C)C(=O)Nc4cc(C)ccn4)cc3nc2-c2ccc(OC)cc2)cc1. The molecule has 0 aliphatic rings. The molecule has 3 aromatic carbocycles. The summed E-state index contributed by atoms with van der Waals surface area (Å²) in [5, 5.41) is 2.67. The minimum atomic E-state index is -1.04. The number of nitrogens with one attached hydrogen (secondary N) is 1. The molecule has 0 bridgehead atoms. The summed E-state index contributed by atoms with van der Waals surface area (Å²) in [6.07, 6.45) is 0.553. The molecule has 41 heavy (non-hydrogen) atoms. The number of amides is 1. The Morgan fingerprint density at radius 1 is 0.756 bits per heavy atom. The molecule has 1 N–H and O–H groups in total. The molecule has 0 spiro atoms. The van der Waals surface area contributed by atoms with Gasteiger partial charge in [-0.1, -0.05) is 0 Å². The number of hydrogen-bond donors (Lipinski definition) is 1. The lowest BCUT2D eigenvalue weighted by atomic mass is 10.0. The van der Waals surface area contributed by atoms with Crippen molar-refractivity contribution in [2.45, 2.75) is 20.0 Å². The van der Waals surface area contributed by atoms with Crippen molar-refractivity contribution in [2.75, 3.05) is 19.5 Å². The molecule has 1 unspecified atom stereocenters. The molecule has 5 rings (SSSR count). The van der Waals surface area contributed by atoms with Gasteiger partial charge in [0.25, 0.3) is 5.91 Å². The molecule has 206 valence electrons. The Kier molecular flexibility index (Phi) is 7.87. The first-order valence-corrected chi connectivity index (χ1v) is 12.9. The first-order valence-electron chi connectivity index (χ1n) is 12.9. The van der Waals surface area contributed by atoms with Crippen LogP contribution in [0.4, 0.5) is 5.82 Å². The zero-order valence-corrected chi connectivity index (χ0v) is 23.0. The molecule has 0 aliphatic heterocycles. The van der Waals surface area contributed by atoms with E-state index >= 15 is 0 Å². The Morgan fingerprint density at radius 2 is 1.34 bits per heavy atom. The Labute approximate surface area is 237 Å². The number of pyridine rings is 1. The number of fused-ring (bicyclic) bond motifs is 1. The molecular weight excluding hydrogens is 520 g/mol. The summed E-state index contributed by atoms with van der Waals surface area (Å²) in [4.78, 5) is 39.5. The number of aromatic nitrogens is 3. The molecule has 0 saturated carbocycles. The number of benzene rings is 3. The molecule has 0 saturated heterocycles. The highest BCUT2D eigenvalue weighted by molar-refractivity contribution is 5.98. The number of aryl methyl sites for hydroxylation is 1. The van der Waals surface area contributed by atoms with Crippen LogP contribution in [0.15, 0.2) is 85.1 Å². The van der Waals surface area contributed by atoms with Crippen molar-refractivity contribution in [1.29, 1.82) is 0 Å². The normalized spacial score (nSPS) is 11.5. The molecule has 0 fully saturated rings. The van der Waals surface area contributed by atoms with Crippen LogP contribution >= 0.6 is 0 Å². The van der Waals surface area contributed by atoms with Crippen molar-refractivity contribution < 1.29 is 23.8 Å². The third-order valence-electron chi connectivity index (χ3n) is 6.45. The van der Waals surface area contributed by atoms with Gasteiger partial charge in [-0.05, 0) is 98.3 Å². The number of rotatable bonds is 8. The maximum atomic E-state index is 13.0. The van der Waals surface area contributed by atoms with Crippen LogP contribution in [0.25, 0.3) is 33.5 Å². The average molecular weight is 549 g/mol. The van der Waals surface area contributed by atoms with Crippen LogP contribution < -0.4 is 14.8 Å². The maximum Gasteiger partial charge on any atom is 0.338 e. The zero-order chi connectivity index (χ0) is 28.9. The van der Waals surface area contributed by atoms with Crippen LogP contribution in [0.2, 0.25) is 0 Å². The number of anilines is 1. The lowest BCUT2D eigenvalue weighted by molar-refractivity contribution is -0.123. The van der Waals surface area contributed by atoms with Gasteiger partial charge in [-0.3, -0.25) is 4.79 Å². The van der Waals surface area contributed by atoms with Gasteiger partial charge in [-0.15, -0.1) is 0 Å². The van der Waals surface area contributed by atoms with Crippen LogP contribution in [-0.4, -0.2) is 47.2 Å². The highest BCUT2D eigenvalue weighted by Gasteiger charge is 2.21. The van der Waals surface area contributed by atoms with Gasteiger partial charge in [-0.2, -0.15) is 0 Å². The molecule has 5 aromatic rings.